The van der Waals surface area contributed by atoms with Crippen LogP contribution in [-0.2, 0) is 9.53 Å². The van der Waals surface area contributed by atoms with Gasteiger partial charge in [0.2, 0.25) is 5.91 Å². The zero-order valence-corrected chi connectivity index (χ0v) is 10.1. The molecule has 0 aliphatic heterocycles. The molecule has 2 N–H and O–H groups in total. The fourth-order valence-electron chi connectivity index (χ4n) is 1.24. The number of aliphatic hydroxyl groups is 1. The standard InChI is InChI=1S/C11H23NO3/c1-5-8(2)9(3)11(14)12-6-10(13)7-15-4/h8-10,13H,5-7H2,1-4H3,(H,12,14). The summed E-state index contributed by atoms with van der Waals surface area (Å²) in [6, 6.07) is 0. The second kappa shape index (κ2) is 7.65. The Balaban J connectivity index is 3.82. The van der Waals surface area contributed by atoms with Gasteiger partial charge < -0.3 is 15.2 Å². The van der Waals surface area contributed by atoms with Crippen LogP contribution >= 0.6 is 0 Å². The number of aliphatic hydroxyl groups excluding tert-OH is 1. The summed E-state index contributed by atoms with van der Waals surface area (Å²) in [5, 5.41) is 12.0. The van der Waals surface area contributed by atoms with Crippen LogP contribution in [0.3, 0.4) is 0 Å². The summed E-state index contributed by atoms with van der Waals surface area (Å²) in [7, 11) is 1.52. The molecule has 0 rings (SSSR count). The van der Waals surface area contributed by atoms with Gasteiger partial charge in [-0.3, -0.25) is 4.79 Å². The van der Waals surface area contributed by atoms with Crippen molar-refractivity contribution in [3.63, 3.8) is 0 Å². The first-order valence-electron chi connectivity index (χ1n) is 5.47. The van der Waals surface area contributed by atoms with E-state index in [0.29, 0.717) is 5.92 Å². The summed E-state index contributed by atoms with van der Waals surface area (Å²) in [4.78, 5) is 11.6. The fourth-order valence-corrected chi connectivity index (χ4v) is 1.24. The lowest BCUT2D eigenvalue weighted by atomic mass is 9.93. The zero-order valence-electron chi connectivity index (χ0n) is 10.1. The van der Waals surface area contributed by atoms with Crippen LogP contribution in [0.2, 0.25) is 0 Å². The highest BCUT2D eigenvalue weighted by Crippen LogP contribution is 2.14. The van der Waals surface area contributed by atoms with Gasteiger partial charge in [0.15, 0.2) is 0 Å². The topological polar surface area (TPSA) is 58.6 Å². The van der Waals surface area contributed by atoms with E-state index >= 15 is 0 Å². The van der Waals surface area contributed by atoms with Crippen LogP contribution in [-0.4, -0.2) is 37.4 Å². The highest BCUT2D eigenvalue weighted by molar-refractivity contribution is 5.78. The van der Waals surface area contributed by atoms with E-state index in [1.807, 2.05) is 6.92 Å². The van der Waals surface area contributed by atoms with Gasteiger partial charge in [-0.05, 0) is 5.92 Å². The third-order valence-electron chi connectivity index (χ3n) is 2.78. The molecule has 4 nitrogen and oxygen atoms in total. The molecule has 0 fully saturated rings. The first kappa shape index (κ1) is 14.4. The predicted octanol–water partition coefficient (Wildman–Crippen LogP) is 0.792. The summed E-state index contributed by atoms with van der Waals surface area (Å²) in [5.41, 5.74) is 0. The molecule has 0 aliphatic rings. The lowest BCUT2D eigenvalue weighted by Crippen LogP contribution is -2.38. The molecule has 90 valence electrons. The largest absolute Gasteiger partial charge is 0.389 e. The monoisotopic (exact) mass is 217 g/mol. The minimum absolute atomic E-state index is 0.000460. The van der Waals surface area contributed by atoms with Gasteiger partial charge >= 0.3 is 0 Å². The van der Waals surface area contributed by atoms with Crippen molar-refractivity contribution >= 4 is 5.91 Å². The quantitative estimate of drug-likeness (QED) is 0.663. The van der Waals surface area contributed by atoms with Crippen molar-refractivity contribution < 1.29 is 14.6 Å². The van der Waals surface area contributed by atoms with E-state index < -0.39 is 6.10 Å². The number of carbonyl (C=O) groups is 1. The Morgan fingerprint density at radius 2 is 2.07 bits per heavy atom. The number of hydrogen-bond donors (Lipinski definition) is 2. The van der Waals surface area contributed by atoms with Crippen LogP contribution in [0.25, 0.3) is 0 Å². The summed E-state index contributed by atoms with van der Waals surface area (Å²) >= 11 is 0. The molecule has 0 aromatic carbocycles. The summed E-state index contributed by atoms with van der Waals surface area (Å²) < 4.78 is 4.76. The normalized spacial score (nSPS) is 16.9. The smallest absolute Gasteiger partial charge is 0.223 e. The maximum absolute atomic E-state index is 11.6. The van der Waals surface area contributed by atoms with Gasteiger partial charge in [-0.2, -0.15) is 0 Å². The minimum atomic E-state index is -0.622. The van der Waals surface area contributed by atoms with Crippen molar-refractivity contribution in [1.29, 1.82) is 0 Å². The predicted molar refractivity (Wildman–Crippen MR) is 59.5 cm³/mol. The molecule has 15 heavy (non-hydrogen) atoms. The Kier molecular flexibility index (Phi) is 7.34. The number of ether oxygens (including phenoxy) is 1. The number of nitrogens with one attached hydrogen (secondary N) is 1. The Bertz CT molecular complexity index is 185. The molecule has 0 saturated carbocycles. The number of methoxy groups -OCH3 is 1. The summed E-state index contributed by atoms with van der Waals surface area (Å²) in [6.45, 7) is 6.53. The molecule has 1 amide bonds. The number of rotatable bonds is 7. The van der Waals surface area contributed by atoms with E-state index in [9.17, 15) is 9.90 Å². The van der Waals surface area contributed by atoms with E-state index in [1.165, 1.54) is 7.11 Å². The van der Waals surface area contributed by atoms with Crippen molar-refractivity contribution in [2.75, 3.05) is 20.3 Å². The second-order valence-electron chi connectivity index (χ2n) is 4.03. The van der Waals surface area contributed by atoms with Crippen LogP contribution in [0, 0.1) is 11.8 Å². The summed E-state index contributed by atoms with van der Waals surface area (Å²) in [5.74, 6) is 0.355. The molecular formula is C11H23NO3. The molecule has 0 spiro atoms. The van der Waals surface area contributed by atoms with Gasteiger partial charge in [0, 0.05) is 19.6 Å². The Labute approximate surface area is 92.0 Å². The molecule has 3 unspecified atom stereocenters. The van der Waals surface area contributed by atoms with Gasteiger partial charge in [0.25, 0.3) is 0 Å². The highest BCUT2D eigenvalue weighted by atomic mass is 16.5. The van der Waals surface area contributed by atoms with Crippen LogP contribution in [0.15, 0.2) is 0 Å². The lowest BCUT2D eigenvalue weighted by Gasteiger charge is -2.19. The van der Waals surface area contributed by atoms with E-state index in [2.05, 4.69) is 19.2 Å². The SMILES string of the molecule is CCC(C)C(C)C(=O)NCC(O)COC. The fraction of sp³-hybridized carbons (Fsp3) is 0.909. The van der Waals surface area contributed by atoms with Crippen molar-refractivity contribution in [2.45, 2.75) is 33.3 Å². The summed E-state index contributed by atoms with van der Waals surface area (Å²) in [6.07, 6.45) is 0.359. The number of hydrogen-bond acceptors (Lipinski definition) is 3. The van der Waals surface area contributed by atoms with Crippen molar-refractivity contribution in [1.82, 2.24) is 5.32 Å². The molecule has 3 atom stereocenters. The molecule has 0 bridgehead atoms. The maximum atomic E-state index is 11.6. The highest BCUT2D eigenvalue weighted by Gasteiger charge is 2.18. The third-order valence-corrected chi connectivity index (χ3v) is 2.78. The van der Waals surface area contributed by atoms with Crippen LogP contribution < -0.4 is 5.32 Å². The Hall–Kier alpha value is -0.610. The van der Waals surface area contributed by atoms with Gasteiger partial charge in [-0.25, -0.2) is 0 Å². The first-order valence-corrected chi connectivity index (χ1v) is 5.47. The second-order valence-corrected chi connectivity index (χ2v) is 4.03. The first-order chi connectivity index (χ1) is 7.02. The minimum Gasteiger partial charge on any atom is -0.389 e. The van der Waals surface area contributed by atoms with Crippen molar-refractivity contribution in [3.05, 3.63) is 0 Å². The lowest BCUT2D eigenvalue weighted by molar-refractivity contribution is -0.126. The Morgan fingerprint density at radius 1 is 1.47 bits per heavy atom. The van der Waals surface area contributed by atoms with Crippen molar-refractivity contribution in [2.24, 2.45) is 11.8 Å². The molecule has 0 aliphatic carbocycles. The average Bonchev–Trinajstić information content (AvgIpc) is 2.24. The van der Waals surface area contributed by atoms with E-state index in [-0.39, 0.29) is 25.0 Å². The molecule has 0 saturated heterocycles. The van der Waals surface area contributed by atoms with Gasteiger partial charge in [0.05, 0.1) is 12.7 Å². The molecular weight excluding hydrogens is 194 g/mol. The maximum Gasteiger partial charge on any atom is 0.223 e. The Morgan fingerprint density at radius 3 is 2.53 bits per heavy atom. The molecule has 0 aromatic rings. The van der Waals surface area contributed by atoms with Crippen LogP contribution in [0.1, 0.15) is 27.2 Å². The van der Waals surface area contributed by atoms with Crippen LogP contribution in [0.5, 0.6) is 0 Å². The average molecular weight is 217 g/mol. The zero-order chi connectivity index (χ0) is 11.8. The molecule has 0 radical (unpaired) electrons. The molecule has 0 aromatic heterocycles. The van der Waals surface area contributed by atoms with Gasteiger partial charge in [-0.15, -0.1) is 0 Å². The van der Waals surface area contributed by atoms with E-state index in [0.717, 1.165) is 6.42 Å². The number of amides is 1. The van der Waals surface area contributed by atoms with Crippen molar-refractivity contribution in [3.8, 4) is 0 Å². The van der Waals surface area contributed by atoms with E-state index in [1.54, 1.807) is 0 Å². The van der Waals surface area contributed by atoms with Gasteiger partial charge in [-0.1, -0.05) is 27.2 Å². The molecule has 4 heteroatoms. The van der Waals surface area contributed by atoms with Gasteiger partial charge in [0.1, 0.15) is 0 Å². The van der Waals surface area contributed by atoms with Crippen LogP contribution in [0.4, 0.5) is 0 Å². The van der Waals surface area contributed by atoms with E-state index in [4.69, 9.17) is 4.74 Å². The number of carbonyl (C=O) groups excluding carboxylic acids is 1. The third kappa shape index (κ3) is 5.74. The molecule has 0 heterocycles.